The quantitative estimate of drug-likeness (QED) is 0.355. The van der Waals surface area contributed by atoms with E-state index < -0.39 is 36.3 Å². The van der Waals surface area contributed by atoms with Crippen molar-refractivity contribution in [1.82, 2.24) is 9.80 Å². The van der Waals surface area contributed by atoms with Crippen molar-refractivity contribution in [1.29, 1.82) is 0 Å². The van der Waals surface area contributed by atoms with E-state index in [0.717, 1.165) is 23.3 Å². The van der Waals surface area contributed by atoms with Crippen LogP contribution in [0.15, 0.2) is 48.5 Å². The monoisotopic (exact) mass is 580 g/mol. The lowest BCUT2D eigenvalue weighted by atomic mass is 9.82. The van der Waals surface area contributed by atoms with Gasteiger partial charge in [0.1, 0.15) is 11.6 Å². The fraction of sp³-hybridized carbons (Fsp3) is 0.533. The van der Waals surface area contributed by atoms with Gasteiger partial charge in [0.15, 0.2) is 0 Å². The van der Waals surface area contributed by atoms with Gasteiger partial charge in [-0.1, -0.05) is 24.3 Å². The third-order valence-electron chi connectivity index (χ3n) is 8.16. The molecular formula is C30H36F4N2O5. The molecular weight excluding hydrogens is 544 g/mol. The van der Waals surface area contributed by atoms with Crippen LogP contribution in [-0.2, 0) is 20.8 Å². The Bertz CT molecular complexity index is 1180. The summed E-state index contributed by atoms with van der Waals surface area (Å²) in [5.41, 5.74) is 1.42. The molecule has 0 bridgehead atoms. The molecule has 1 aliphatic carbocycles. The lowest BCUT2D eigenvalue weighted by molar-refractivity contribution is -0.189. The van der Waals surface area contributed by atoms with Crippen LogP contribution in [0.3, 0.4) is 0 Å². The van der Waals surface area contributed by atoms with Crippen molar-refractivity contribution in [3.63, 3.8) is 0 Å². The number of amides is 2. The third-order valence-corrected chi connectivity index (χ3v) is 8.16. The molecule has 2 fully saturated rings. The van der Waals surface area contributed by atoms with Gasteiger partial charge in [0, 0.05) is 12.6 Å². The van der Waals surface area contributed by atoms with Gasteiger partial charge in [-0.05, 0) is 80.3 Å². The van der Waals surface area contributed by atoms with Crippen molar-refractivity contribution in [2.75, 3.05) is 20.8 Å². The number of likely N-dealkylation sites (tertiary alicyclic amines) is 1. The molecule has 11 heteroatoms. The number of hydrogen-bond donors (Lipinski definition) is 0. The number of halogens is 4. The highest BCUT2D eigenvalue weighted by atomic mass is 19.4. The van der Waals surface area contributed by atoms with Crippen molar-refractivity contribution in [2.24, 2.45) is 0 Å². The number of benzene rings is 2. The number of carbonyl (C=O) groups is 2. The number of nitrogens with zero attached hydrogens (tertiary/aromatic N) is 2. The van der Waals surface area contributed by atoms with Crippen LogP contribution < -0.4 is 4.74 Å². The summed E-state index contributed by atoms with van der Waals surface area (Å²) in [6.45, 7) is 1.37. The second-order valence-electron chi connectivity index (χ2n) is 10.7. The molecule has 2 aromatic carbocycles. The van der Waals surface area contributed by atoms with E-state index in [-0.39, 0.29) is 37.4 Å². The number of alkyl halides is 3. The number of rotatable bonds is 8. The SMILES string of the molecule is COC(=O)N1C(C)C[C@H](N(Cc2ccc(OC)cc2)C(=O)C(F)(F)F)[C@@H]1COC1CCC(c2cccc(F)c2)CC1. The fourth-order valence-electron chi connectivity index (χ4n) is 6.07. The number of methoxy groups -OCH3 is 2. The molecule has 0 N–H and O–H groups in total. The normalized spacial score (nSPS) is 24.7. The number of hydrogen-bond acceptors (Lipinski definition) is 5. The fourth-order valence-corrected chi connectivity index (χ4v) is 6.07. The molecule has 4 rings (SSSR count). The Morgan fingerprint density at radius 1 is 1.02 bits per heavy atom. The van der Waals surface area contributed by atoms with Gasteiger partial charge in [-0.25, -0.2) is 9.18 Å². The second-order valence-corrected chi connectivity index (χ2v) is 10.7. The molecule has 2 aromatic rings. The van der Waals surface area contributed by atoms with Gasteiger partial charge in [-0.3, -0.25) is 9.69 Å². The second kappa shape index (κ2) is 13.1. The average Bonchev–Trinajstić information content (AvgIpc) is 3.29. The van der Waals surface area contributed by atoms with Gasteiger partial charge in [0.2, 0.25) is 0 Å². The Hall–Kier alpha value is -3.34. The molecule has 2 aliphatic rings. The molecule has 1 aliphatic heterocycles. The van der Waals surface area contributed by atoms with E-state index in [1.54, 1.807) is 43.3 Å². The molecule has 224 valence electrons. The van der Waals surface area contributed by atoms with E-state index in [2.05, 4.69) is 0 Å². The van der Waals surface area contributed by atoms with Crippen molar-refractivity contribution in [2.45, 2.75) is 81.9 Å². The van der Waals surface area contributed by atoms with Crippen LogP contribution in [0.1, 0.15) is 56.1 Å². The van der Waals surface area contributed by atoms with Crippen LogP contribution in [0, 0.1) is 5.82 Å². The van der Waals surface area contributed by atoms with Gasteiger partial charge >= 0.3 is 18.2 Å². The van der Waals surface area contributed by atoms with E-state index in [0.29, 0.717) is 24.2 Å². The molecule has 1 unspecified atom stereocenters. The van der Waals surface area contributed by atoms with Gasteiger partial charge < -0.3 is 19.1 Å². The molecule has 41 heavy (non-hydrogen) atoms. The first-order chi connectivity index (χ1) is 19.5. The number of ether oxygens (including phenoxy) is 3. The van der Waals surface area contributed by atoms with Crippen LogP contribution in [-0.4, -0.2) is 73.0 Å². The molecule has 7 nitrogen and oxygen atoms in total. The van der Waals surface area contributed by atoms with Crippen LogP contribution in [0.2, 0.25) is 0 Å². The Morgan fingerprint density at radius 2 is 1.71 bits per heavy atom. The lowest BCUT2D eigenvalue weighted by Crippen LogP contribution is -2.54. The van der Waals surface area contributed by atoms with E-state index in [1.807, 2.05) is 6.07 Å². The summed E-state index contributed by atoms with van der Waals surface area (Å²) in [5, 5.41) is 0. The van der Waals surface area contributed by atoms with E-state index in [1.165, 1.54) is 25.2 Å². The maximum absolute atomic E-state index is 13.8. The number of carbonyl (C=O) groups excluding carboxylic acids is 2. The summed E-state index contributed by atoms with van der Waals surface area (Å²) in [4.78, 5) is 27.7. The first-order valence-electron chi connectivity index (χ1n) is 13.8. The van der Waals surface area contributed by atoms with Crippen LogP contribution >= 0.6 is 0 Å². The summed E-state index contributed by atoms with van der Waals surface area (Å²) >= 11 is 0. The summed E-state index contributed by atoms with van der Waals surface area (Å²) in [5.74, 6) is -1.52. The van der Waals surface area contributed by atoms with Gasteiger partial charge in [-0.15, -0.1) is 0 Å². The minimum atomic E-state index is -5.10. The van der Waals surface area contributed by atoms with Gasteiger partial charge in [0.25, 0.3) is 0 Å². The topological polar surface area (TPSA) is 68.3 Å². The standard InChI is InChI=1S/C30H36F4N2O5/c1-19-15-26(35(28(37)30(32,33)34)17-20-7-11-24(39-2)12-8-20)27(36(19)29(38)40-3)18-41-25-13-9-21(10-14-25)22-5-4-6-23(31)16-22/h4-8,11-12,16,19,21,25-27H,9-10,13-15,17-18H2,1-3H3/t19?,21?,25?,26-,27-/m0/s1. The maximum Gasteiger partial charge on any atom is 0.471 e. The van der Waals surface area contributed by atoms with Crippen molar-refractivity contribution in [3.05, 3.63) is 65.5 Å². The Morgan fingerprint density at radius 3 is 2.29 bits per heavy atom. The van der Waals surface area contributed by atoms with Crippen molar-refractivity contribution >= 4 is 12.0 Å². The highest BCUT2D eigenvalue weighted by Gasteiger charge is 2.51. The summed E-state index contributed by atoms with van der Waals surface area (Å²) in [7, 11) is 2.69. The Balaban J connectivity index is 1.52. The first kappa shape index (κ1) is 30.6. The summed E-state index contributed by atoms with van der Waals surface area (Å²) < 4.78 is 71.5. The molecule has 2 amide bonds. The maximum atomic E-state index is 13.8. The zero-order valence-corrected chi connectivity index (χ0v) is 23.4. The first-order valence-corrected chi connectivity index (χ1v) is 13.8. The zero-order chi connectivity index (χ0) is 29.7. The minimum absolute atomic E-state index is 0.0519. The van der Waals surface area contributed by atoms with Crippen LogP contribution in [0.5, 0.6) is 5.75 Å². The molecule has 0 radical (unpaired) electrons. The van der Waals surface area contributed by atoms with E-state index >= 15 is 0 Å². The van der Waals surface area contributed by atoms with E-state index in [9.17, 15) is 27.2 Å². The van der Waals surface area contributed by atoms with Crippen LogP contribution in [0.25, 0.3) is 0 Å². The summed E-state index contributed by atoms with van der Waals surface area (Å²) in [6, 6.07) is 10.7. The molecule has 1 heterocycles. The van der Waals surface area contributed by atoms with Crippen LogP contribution in [0.4, 0.5) is 22.4 Å². The Labute approximate surface area is 237 Å². The zero-order valence-electron chi connectivity index (χ0n) is 23.4. The van der Waals surface area contributed by atoms with Crippen molar-refractivity contribution < 1.29 is 41.4 Å². The van der Waals surface area contributed by atoms with Crippen molar-refractivity contribution in [3.8, 4) is 5.75 Å². The van der Waals surface area contributed by atoms with E-state index in [4.69, 9.17) is 14.2 Å². The largest absolute Gasteiger partial charge is 0.497 e. The molecule has 1 saturated heterocycles. The Kier molecular flexibility index (Phi) is 9.78. The van der Waals surface area contributed by atoms with Gasteiger partial charge in [0.05, 0.1) is 39.0 Å². The molecule has 1 saturated carbocycles. The van der Waals surface area contributed by atoms with Gasteiger partial charge in [-0.2, -0.15) is 13.2 Å². The minimum Gasteiger partial charge on any atom is -0.497 e. The highest BCUT2D eigenvalue weighted by Crippen LogP contribution is 2.37. The third kappa shape index (κ3) is 7.30. The smallest absolute Gasteiger partial charge is 0.471 e. The predicted molar refractivity (Wildman–Crippen MR) is 143 cm³/mol. The summed E-state index contributed by atoms with van der Waals surface area (Å²) in [6.07, 6.45) is -2.92. The molecule has 0 aromatic heterocycles. The lowest BCUT2D eigenvalue weighted by Gasteiger charge is -2.37. The molecule has 3 atom stereocenters. The average molecular weight is 581 g/mol. The predicted octanol–water partition coefficient (Wildman–Crippen LogP) is 6.07. The molecule has 0 spiro atoms. The highest BCUT2D eigenvalue weighted by molar-refractivity contribution is 5.82.